The van der Waals surface area contributed by atoms with Gasteiger partial charge in [-0.2, -0.15) is 0 Å². The number of carbonyl (C=O) groups is 3. The maximum Gasteiger partial charge on any atom is 0.317 e. The lowest BCUT2D eigenvalue weighted by molar-refractivity contribution is -0.138. The van der Waals surface area contributed by atoms with Crippen molar-refractivity contribution >= 4 is 17.8 Å². The number of carboxylic acid groups (broad SMARTS) is 1. The second kappa shape index (κ2) is 11.9. The quantitative estimate of drug-likeness (QED) is 0.633. The van der Waals surface area contributed by atoms with Gasteiger partial charge in [0.1, 0.15) is 5.75 Å². The van der Waals surface area contributed by atoms with Crippen LogP contribution in [0.3, 0.4) is 0 Å². The van der Waals surface area contributed by atoms with Gasteiger partial charge in [0.2, 0.25) is 11.8 Å². The standard InChI is InChI=1S/C24H35N3O5/c1-32-21-9-3-18(4-10-21)11-12-25-23(30)19-5-7-20(8-6-19)24(31)27-14-2-13-26(15-16-27)17-22(28)29/h3-4,9-10,19-20H,2,5-8,11-17H2,1H3,(H,25,30)(H,28,29). The minimum absolute atomic E-state index is 0.0230. The lowest BCUT2D eigenvalue weighted by Crippen LogP contribution is -2.42. The number of amides is 2. The zero-order valence-corrected chi connectivity index (χ0v) is 18.9. The van der Waals surface area contributed by atoms with Crippen molar-refractivity contribution in [3.05, 3.63) is 29.8 Å². The molecule has 1 aromatic rings. The van der Waals surface area contributed by atoms with Gasteiger partial charge in [-0.05, 0) is 56.2 Å². The number of carbonyl (C=O) groups excluding carboxylic acids is 2. The first-order valence-corrected chi connectivity index (χ1v) is 11.6. The summed E-state index contributed by atoms with van der Waals surface area (Å²) < 4.78 is 5.16. The summed E-state index contributed by atoms with van der Waals surface area (Å²) in [5.74, 6) is 0.200. The molecule has 0 spiro atoms. The fourth-order valence-electron chi connectivity index (χ4n) is 4.67. The van der Waals surface area contributed by atoms with Crippen molar-refractivity contribution in [3.63, 3.8) is 0 Å². The first-order valence-electron chi connectivity index (χ1n) is 11.6. The van der Waals surface area contributed by atoms with E-state index in [4.69, 9.17) is 9.84 Å². The summed E-state index contributed by atoms with van der Waals surface area (Å²) in [7, 11) is 1.64. The second-order valence-corrected chi connectivity index (χ2v) is 8.79. The van der Waals surface area contributed by atoms with Crippen LogP contribution in [0.2, 0.25) is 0 Å². The first-order chi connectivity index (χ1) is 15.5. The van der Waals surface area contributed by atoms with Gasteiger partial charge in [-0.1, -0.05) is 12.1 Å². The predicted octanol–water partition coefficient (Wildman–Crippen LogP) is 1.78. The van der Waals surface area contributed by atoms with Gasteiger partial charge in [0, 0.05) is 44.6 Å². The lowest BCUT2D eigenvalue weighted by atomic mass is 9.81. The monoisotopic (exact) mass is 445 g/mol. The molecule has 1 aliphatic heterocycles. The van der Waals surface area contributed by atoms with E-state index < -0.39 is 5.97 Å². The van der Waals surface area contributed by atoms with Gasteiger partial charge in [-0.15, -0.1) is 0 Å². The third kappa shape index (κ3) is 6.95. The van der Waals surface area contributed by atoms with Crippen molar-refractivity contribution in [2.24, 2.45) is 11.8 Å². The summed E-state index contributed by atoms with van der Waals surface area (Å²) >= 11 is 0. The van der Waals surface area contributed by atoms with E-state index in [1.54, 1.807) is 7.11 Å². The summed E-state index contributed by atoms with van der Waals surface area (Å²) in [5.41, 5.74) is 1.15. The van der Waals surface area contributed by atoms with Crippen LogP contribution in [0, 0.1) is 11.8 Å². The Balaban J connectivity index is 1.37. The normalized spacial score (nSPS) is 22.1. The molecule has 1 heterocycles. The number of aliphatic carboxylic acids is 1. The van der Waals surface area contributed by atoms with Crippen LogP contribution in [-0.2, 0) is 20.8 Å². The smallest absolute Gasteiger partial charge is 0.317 e. The lowest BCUT2D eigenvalue weighted by Gasteiger charge is -2.31. The van der Waals surface area contributed by atoms with Gasteiger partial charge in [0.25, 0.3) is 0 Å². The number of rotatable bonds is 8. The van der Waals surface area contributed by atoms with Crippen LogP contribution >= 0.6 is 0 Å². The van der Waals surface area contributed by atoms with E-state index in [9.17, 15) is 14.4 Å². The summed E-state index contributed by atoms with van der Waals surface area (Å²) in [4.78, 5) is 40.2. The summed E-state index contributed by atoms with van der Waals surface area (Å²) in [6.45, 7) is 3.20. The van der Waals surface area contributed by atoms with E-state index in [-0.39, 0.29) is 30.2 Å². The molecule has 176 valence electrons. The molecule has 8 nitrogen and oxygen atoms in total. The molecule has 0 aromatic heterocycles. The maximum absolute atomic E-state index is 13.0. The van der Waals surface area contributed by atoms with E-state index in [1.807, 2.05) is 34.1 Å². The Kier molecular flexibility index (Phi) is 8.90. The van der Waals surface area contributed by atoms with E-state index >= 15 is 0 Å². The van der Waals surface area contributed by atoms with Gasteiger partial charge < -0.3 is 20.1 Å². The summed E-state index contributed by atoms with van der Waals surface area (Å²) in [5, 5.41) is 12.0. The van der Waals surface area contributed by atoms with Crippen molar-refractivity contribution in [1.82, 2.24) is 15.1 Å². The highest BCUT2D eigenvalue weighted by Gasteiger charge is 2.32. The zero-order chi connectivity index (χ0) is 22.9. The molecule has 32 heavy (non-hydrogen) atoms. The number of ether oxygens (including phenoxy) is 1. The Labute approximate surface area is 189 Å². The number of benzene rings is 1. The molecule has 8 heteroatoms. The number of carboxylic acids is 1. The molecule has 2 aliphatic rings. The summed E-state index contributed by atoms with van der Waals surface area (Å²) in [6, 6.07) is 7.85. The van der Waals surface area contributed by atoms with Crippen LogP contribution in [-0.4, -0.2) is 79.1 Å². The van der Waals surface area contributed by atoms with Crippen LogP contribution < -0.4 is 10.1 Å². The second-order valence-electron chi connectivity index (χ2n) is 8.79. The van der Waals surface area contributed by atoms with Gasteiger partial charge >= 0.3 is 5.97 Å². The SMILES string of the molecule is COc1ccc(CCNC(=O)C2CCC(C(=O)N3CCCN(CC(=O)O)CC3)CC2)cc1. The molecule has 0 radical (unpaired) electrons. The number of nitrogens with zero attached hydrogens (tertiary/aromatic N) is 2. The van der Waals surface area contributed by atoms with Crippen molar-refractivity contribution in [3.8, 4) is 5.75 Å². The molecule has 2 N–H and O–H groups in total. The fraction of sp³-hybridized carbons (Fsp3) is 0.625. The number of nitrogens with one attached hydrogen (secondary N) is 1. The summed E-state index contributed by atoms with van der Waals surface area (Å²) in [6.07, 6.45) is 4.53. The number of hydrogen-bond acceptors (Lipinski definition) is 5. The number of methoxy groups -OCH3 is 1. The molecular weight excluding hydrogens is 410 g/mol. The molecule has 1 aromatic carbocycles. The molecular formula is C24H35N3O5. The maximum atomic E-state index is 13.0. The first kappa shape index (κ1) is 24.0. The van der Waals surface area contributed by atoms with Crippen LogP contribution in [0.25, 0.3) is 0 Å². The topological polar surface area (TPSA) is 99.2 Å². The molecule has 0 atom stereocenters. The minimum Gasteiger partial charge on any atom is -0.497 e. The zero-order valence-electron chi connectivity index (χ0n) is 18.9. The molecule has 0 bridgehead atoms. The molecule has 0 unspecified atom stereocenters. The van der Waals surface area contributed by atoms with Gasteiger partial charge in [-0.3, -0.25) is 19.3 Å². The predicted molar refractivity (Wildman–Crippen MR) is 120 cm³/mol. The number of hydrogen-bond donors (Lipinski definition) is 2. The Hall–Kier alpha value is -2.61. The third-order valence-electron chi connectivity index (χ3n) is 6.58. The molecule has 1 saturated heterocycles. The van der Waals surface area contributed by atoms with Crippen LogP contribution in [0.4, 0.5) is 0 Å². The molecule has 2 amide bonds. The Bertz CT molecular complexity index is 774. The highest BCUT2D eigenvalue weighted by atomic mass is 16.5. The van der Waals surface area contributed by atoms with Crippen LogP contribution in [0.15, 0.2) is 24.3 Å². The average molecular weight is 446 g/mol. The Morgan fingerprint density at radius 2 is 1.69 bits per heavy atom. The van der Waals surface area contributed by atoms with Crippen molar-refractivity contribution in [2.45, 2.75) is 38.5 Å². The highest BCUT2D eigenvalue weighted by Crippen LogP contribution is 2.30. The van der Waals surface area contributed by atoms with E-state index in [0.717, 1.165) is 49.8 Å². The minimum atomic E-state index is -0.828. The Morgan fingerprint density at radius 1 is 1.00 bits per heavy atom. The van der Waals surface area contributed by atoms with E-state index in [1.165, 1.54) is 0 Å². The molecule has 3 rings (SSSR count). The highest BCUT2D eigenvalue weighted by molar-refractivity contribution is 5.81. The van der Waals surface area contributed by atoms with Crippen molar-refractivity contribution in [2.75, 3.05) is 46.4 Å². The molecule has 1 aliphatic carbocycles. The average Bonchev–Trinajstić information content (AvgIpc) is 3.04. The van der Waals surface area contributed by atoms with Crippen LogP contribution in [0.1, 0.15) is 37.7 Å². The molecule has 2 fully saturated rings. The van der Waals surface area contributed by atoms with Crippen LogP contribution in [0.5, 0.6) is 5.75 Å². The largest absolute Gasteiger partial charge is 0.497 e. The third-order valence-corrected chi connectivity index (χ3v) is 6.58. The van der Waals surface area contributed by atoms with Crippen molar-refractivity contribution < 1.29 is 24.2 Å². The fourth-order valence-corrected chi connectivity index (χ4v) is 4.67. The van der Waals surface area contributed by atoms with E-state index in [2.05, 4.69) is 5.32 Å². The molecule has 1 saturated carbocycles. The van der Waals surface area contributed by atoms with Gasteiger partial charge in [0.15, 0.2) is 0 Å². The Morgan fingerprint density at radius 3 is 2.34 bits per heavy atom. The van der Waals surface area contributed by atoms with Crippen molar-refractivity contribution in [1.29, 1.82) is 0 Å². The van der Waals surface area contributed by atoms with E-state index in [0.29, 0.717) is 32.7 Å². The van der Waals surface area contributed by atoms with Gasteiger partial charge in [-0.25, -0.2) is 0 Å². The van der Waals surface area contributed by atoms with Gasteiger partial charge in [0.05, 0.1) is 13.7 Å².